The van der Waals surface area contributed by atoms with Gasteiger partial charge in [-0.15, -0.1) is 0 Å². The summed E-state index contributed by atoms with van der Waals surface area (Å²) < 4.78 is 37.8. The third kappa shape index (κ3) is 8.10. The summed E-state index contributed by atoms with van der Waals surface area (Å²) in [5, 5.41) is 9.42. The van der Waals surface area contributed by atoms with Crippen LogP contribution in [0.4, 0.5) is 13.2 Å². The molecule has 0 rings (SSSR count). The Balaban J connectivity index is 4.40. The topological polar surface area (TPSA) is 23.5 Å². The number of nitrogens with zero attached hydrogens (tertiary/aromatic N) is 1. The molecule has 0 saturated carbocycles. The zero-order chi connectivity index (χ0) is 15.6. The Kier molecular flexibility index (Phi) is 10.3. The zero-order valence-electron chi connectivity index (χ0n) is 13.0. The molecule has 0 amide bonds. The van der Waals surface area contributed by atoms with E-state index >= 15 is 0 Å². The summed E-state index contributed by atoms with van der Waals surface area (Å²) in [7, 11) is 0. The number of alkyl halides is 3. The first kappa shape index (κ1) is 19.7. The minimum Gasteiger partial charge on any atom is -0.382 e. The first-order valence-corrected chi connectivity index (χ1v) is 7.83. The predicted octanol–water partition coefficient (Wildman–Crippen LogP) is 4.37. The van der Waals surface area contributed by atoms with E-state index in [1.807, 2.05) is 0 Å². The molecule has 0 aliphatic carbocycles. The number of hydrogen-bond acceptors (Lipinski definition) is 2. The molecule has 20 heavy (non-hydrogen) atoms. The van der Waals surface area contributed by atoms with Crippen molar-refractivity contribution in [2.45, 2.75) is 84.0 Å². The van der Waals surface area contributed by atoms with Crippen molar-refractivity contribution >= 4 is 0 Å². The predicted molar refractivity (Wildman–Crippen MR) is 76.8 cm³/mol. The fourth-order valence-corrected chi connectivity index (χ4v) is 2.30. The quantitative estimate of drug-likeness (QED) is 0.572. The Bertz CT molecular complexity index is 234. The van der Waals surface area contributed by atoms with Crippen molar-refractivity contribution in [2.75, 3.05) is 13.1 Å². The minimum atomic E-state index is -4.54. The first-order chi connectivity index (χ1) is 9.34. The molecule has 0 aliphatic rings. The van der Waals surface area contributed by atoms with E-state index in [1.54, 1.807) is 4.90 Å². The average molecular weight is 297 g/mol. The van der Waals surface area contributed by atoms with E-state index in [-0.39, 0.29) is 0 Å². The number of aliphatic hydroxyl groups excluding tert-OH is 1. The lowest BCUT2D eigenvalue weighted by atomic mass is 10.1. The number of rotatable bonds is 11. The summed E-state index contributed by atoms with van der Waals surface area (Å²) in [5.41, 5.74) is 0. The first-order valence-electron chi connectivity index (χ1n) is 7.83. The van der Waals surface area contributed by atoms with Gasteiger partial charge in [0.1, 0.15) is 0 Å². The van der Waals surface area contributed by atoms with Crippen LogP contribution in [-0.2, 0) is 0 Å². The highest BCUT2D eigenvalue weighted by Crippen LogP contribution is 2.25. The maximum absolute atomic E-state index is 12.6. The van der Waals surface area contributed by atoms with Crippen LogP contribution in [0.15, 0.2) is 0 Å². The molecule has 5 heteroatoms. The molecule has 1 N–H and O–H groups in total. The van der Waals surface area contributed by atoms with Gasteiger partial charge in [0, 0.05) is 6.04 Å². The summed E-state index contributed by atoms with van der Waals surface area (Å²) in [6, 6.07) is -0.867. The van der Waals surface area contributed by atoms with E-state index in [1.165, 1.54) is 6.92 Å². The second-order valence-corrected chi connectivity index (χ2v) is 5.53. The molecular formula is C15H30F3NO. The Morgan fingerprint density at radius 2 is 1.35 bits per heavy atom. The molecule has 0 radical (unpaired) electrons. The molecule has 122 valence electrons. The van der Waals surface area contributed by atoms with Crippen LogP contribution in [-0.4, -0.2) is 41.4 Å². The van der Waals surface area contributed by atoms with Crippen LogP contribution >= 0.6 is 0 Å². The van der Waals surface area contributed by atoms with Gasteiger partial charge in [0.15, 0.2) is 6.10 Å². The molecular weight excluding hydrogens is 267 g/mol. The Morgan fingerprint density at radius 1 is 0.900 bits per heavy atom. The third-order valence-corrected chi connectivity index (χ3v) is 3.72. The fraction of sp³-hybridized carbons (Fsp3) is 1.00. The Morgan fingerprint density at radius 3 is 1.80 bits per heavy atom. The van der Waals surface area contributed by atoms with E-state index in [9.17, 15) is 18.3 Å². The van der Waals surface area contributed by atoms with Crippen molar-refractivity contribution in [3.8, 4) is 0 Å². The fourth-order valence-electron chi connectivity index (χ4n) is 2.30. The standard InChI is InChI=1S/C15H30F3NO/c1-4-6-8-10-12-19(11-9-7-5-2)13(3)14(20)15(16,17)18/h13-14,20H,4-12H2,1-3H3. The largest absolute Gasteiger partial charge is 0.415 e. The number of hydrogen-bond donors (Lipinski definition) is 1. The van der Waals surface area contributed by atoms with Gasteiger partial charge in [-0.3, -0.25) is 4.90 Å². The van der Waals surface area contributed by atoms with Gasteiger partial charge in [-0.05, 0) is 32.9 Å². The summed E-state index contributed by atoms with van der Waals surface area (Å²) in [6.07, 6.45) is 0.306. The van der Waals surface area contributed by atoms with Crippen molar-refractivity contribution < 1.29 is 18.3 Å². The summed E-state index contributed by atoms with van der Waals surface area (Å²) in [6.45, 7) is 6.92. The van der Waals surface area contributed by atoms with E-state index in [0.717, 1.165) is 44.9 Å². The molecule has 0 heterocycles. The summed E-state index contributed by atoms with van der Waals surface area (Å²) in [4.78, 5) is 1.80. The number of halogens is 3. The van der Waals surface area contributed by atoms with Crippen molar-refractivity contribution in [3.63, 3.8) is 0 Å². The van der Waals surface area contributed by atoms with Crippen LogP contribution in [0.1, 0.15) is 65.7 Å². The van der Waals surface area contributed by atoms with Gasteiger partial charge < -0.3 is 5.11 Å². The van der Waals surface area contributed by atoms with E-state index in [0.29, 0.717) is 13.1 Å². The molecule has 0 aliphatic heterocycles. The van der Waals surface area contributed by atoms with Gasteiger partial charge in [-0.25, -0.2) is 0 Å². The lowest BCUT2D eigenvalue weighted by Crippen LogP contribution is -2.49. The molecule has 0 aromatic heterocycles. The molecule has 0 bridgehead atoms. The van der Waals surface area contributed by atoms with Gasteiger partial charge in [0.05, 0.1) is 0 Å². The Hall–Kier alpha value is -0.290. The van der Waals surface area contributed by atoms with E-state index in [2.05, 4.69) is 13.8 Å². The molecule has 2 unspecified atom stereocenters. The monoisotopic (exact) mass is 297 g/mol. The molecule has 0 spiro atoms. The van der Waals surface area contributed by atoms with Crippen LogP contribution in [0.2, 0.25) is 0 Å². The molecule has 0 aromatic carbocycles. The van der Waals surface area contributed by atoms with Crippen LogP contribution in [0.3, 0.4) is 0 Å². The second-order valence-electron chi connectivity index (χ2n) is 5.53. The summed E-state index contributed by atoms with van der Waals surface area (Å²) in [5.74, 6) is 0. The average Bonchev–Trinajstić information content (AvgIpc) is 2.39. The lowest BCUT2D eigenvalue weighted by Gasteiger charge is -2.33. The van der Waals surface area contributed by atoms with Gasteiger partial charge in [0.25, 0.3) is 0 Å². The van der Waals surface area contributed by atoms with E-state index < -0.39 is 18.3 Å². The SMILES string of the molecule is CCCCCCN(CCCCC)C(C)C(O)C(F)(F)F. The Labute approximate surface area is 121 Å². The van der Waals surface area contributed by atoms with Crippen molar-refractivity contribution in [2.24, 2.45) is 0 Å². The van der Waals surface area contributed by atoms with Crippen LogP contribution in [0.5, 0.6) is 0 Å². The smallest absolute Gasteiger partial charge is 0.382 e. The van der Waals surface area contributed by atoms with Gasteiger partial charge >= 0.3 is 6.18 Å². The second kappa shape index (κ2) is 10.4. The van der Waals surface area contributed by atoms with Crippen molar-refractivity contribution in [1.29, 1.82) is 0 Å². The number of aliphatic hydroxyl groups is 1. The summed E-state index contributed by atoms with van der Waals surface area (Å²) >= 11 is 0. The third-order valence-electron chi connectivity index (χ3n) is 3.72. The maximum Gasteiger partial charge on any atom is 0.415 e. The maximum atomic E-state index is 12.6. The molecule has 0 aromatic rings. The van der Waals surface area contributed by atoms with Gasteiger partial charge in [0.2, 0.25) is 0 Å². The zero-order valence-corrected chi connectivity index (χ0v) is 13.0. The van der Waals surface area contributed by atoms with Crippen molar-refractivity contribution in [1.82, 2.24) is 4.90 Å². The highest BCUT2D eigenvalue weighted by molar-refractivity contribution is 4.80. The normalized spacial score (nSPS) is 15.6. The van der Waals surface area contributed by atoms with Gasteiger partial charge in [-0.2, -0.15) is 13.2 Å². The highest BCUT2D eigenvalue weighted by Gasteiger charge is 2.43. The van der Waals surface area contributed by atoms with Crippen LogP contribution in [0.25, 0.3) is 0 Å². The molecule has 2 nitrogen and oxygen atoms in total. The van der Waals surface area contributed by atoms with Gasteiger partial charge in [-0.1, -0.05) is 46.0 Å². The highest BCUT2D eigenvalue weighted by atomic mass is 19.4. The van der Waals surface area contributed by atoms with Crippen LogP contribution in [0, 0.1) is 0 Å². The van der Waals surface area contributed by atoms with E-state index in [4.69, 9.17) is 0 Å². The number of unbranched alkanes of at least 4 members (excludes halogenated alkanes) is 5. The minimum absolute atomic E-state index is 0.633. The molecule has 2 atom stereocenters. The lowest BCUT2D eigenvalue weighted by molar-refractivity contribution is -0.220. The molecule has 0 saturated heterocycles. The molecule has 0 fully saturated rings. The van der Waals surface area contributed by atoms with Crippen LogP contribution < -0.4 is 0 Å². The van der Waals surface area contributed by atoms with Crippen molar-refractivity contribution in [3.05, 3.63) is 0 Å².